The van der Waals surface area contributed by atoms with Gasteiger partial charge in [0.2, 0.25) is 0 Å². The van der Waals surface area contributed by atoms with Gasteiger partial charge in [-0.2, -0.15) is 21.0 Å². The van der Waals surface area contributed by atoms with Crippen molar-refractivity contribution in [1.29, 1.82) is 21.0 Å². The smallest absolute Gasteiger partial charge is 0.129 e. The van der Waals surface area contributed by atoms with Gasteiger partial charge in [0.1, 0.15) is 35.4 Å². The molecule has 0 saturated heterocycles. The predicted molar refractivity (Wildman–Crippen MR) is 132 cm³/mol. The maximum absolute atomic E-state index is 8.82. The van der Waals surface area contributed by atoms with Gasteiger partial charge in [-0.1, -0.05) is 55.5 Å². The minimum Gasteiger partial charge on any atom is -0.192 e. The van der Waals surface area contributed by atoms with Gasteiger partial charge in [-0.25, -0.2) is 0 Å². The highest BCUT2D eigenvalue weighted by Gasteiger charge is 2.18. The van der Waals surface area contributed by atoms with Crippen molar-refractivity contribution in [1.82, 2.24) is 0 Å². The van der Waals surface area contributed by atoms with Gasteiger partial charge in [-0.05, 0) is 65.3 Å². The van der Waals surface area contributed by atoms with Crippen molar-refractivity contribution < 1.29 is 0 Å². The summed E-state index contributed by atoms with van der Waals surface area (Å²) in [6.45, 7) is 2.17. The standard InChI is InChI=1S/C28H20N4S/c1-2-24-15-27(25-11-9-20(13-25)5-3-7-22(16-29)17-30)33-28(24)26-12-10-21(14-26)6-4-8-23(18-31)19-32/h3-12,15H,2,13-14H2,1H3/b5-3+,6-4+. The van der Waals surface area contributed by atoms with E-state index in [1.807, 2.05) is 47.8 Å². The van der Waals surface area contributed by atoms with E-state index >= 15 is 0 Å². The molecule has 0 atom stereocenters. The average molecular weight is 445 g/mol. The Morgan fingerprint density at radius 2 is 1.33 bits per heavy atom. The molecule has 2 aliphatic carbocycles. The lowest BCUT2D eigenvalue weighted by Gasteiger charge is -2.03. The van der Waals surface area contributed by atoms with Crippen molar-refractivity contribution >= 4 is 22.5 Å². The third kappa shape index (κ3) is 5.84. The number of hydrogen-bond acceptors (Lipinski definition) is 5. The number of nitriles is 4. The first-order valence-electron chi connectivity index (χ1n) is 10.4. The number of rotatable bonds is 7. The molecular formula is C28H20N4S. The molecule has 1 aromatic rings. The van der Waals surface area contributed by atoms with Crippen LogP contribution in [0.1, 0.15) is 35.1 Å². The van der Waals surface area contributed by atoms with Crippen molar-refractivity contribution in [2.45, 2.75) is 26.2 Å². The zero-order valence-electron chi connectivity index (χ0n) is 18.2. The monoisotopic (exact) mass is 444 g/mol. The van der Waals surface area contributed by atoms with E-state index in [1.54, 1.807) is 12.2 Å². The molecule has 1 aromatic heterocycles. The van der Waals surface area contributed by atoms with Gasteiger partial charge in [0, 0.05) is 9.75 Å². The summed E-state index contributed by atoms with van der Waals surface area (Å²) in [4.78, 5) is 2.56. The topological polar surface area (TPSA) is 95.2 Å². The van der Waals surface area contributed by atoms with Crippen LogP contribution >= 0.6 is 11.3 Å². The lowest BCUT2D eigenvalue weighted by atomic mass is 10.0. The minimum atomic E-state index is 0.0905. The Bertz CT molecular complexity index is 1340. The number of thiophene rings is 1. The van der Waals surface area contributed by atoms with Gasteiger partial charge in [0.05, 0.1) is 0 Å². The van der Waals surface area contributed by atoms with Crippen LogP contribution in [0.15, 0.2) is 89.1 Å². The highest BCUT2D eigenvalue weighted by atomic mass is 32.1. The van der Waals surface area contributed by atoms with E-state index in [4.69, 9.17) is 21.0 Å². The van der Waals surface area contributed by atoms with Crippen molar-refractivity contribution in [2.75, 3.05) is 0 Å². The van der Waals surface area contributed by atoms with Gasteiger partial charge in [0.25, 0.3) is 0 Å². The van der Waals surface area contributed by atoms with Crippen LogP contribution < -0.4 is 0 Å². The summed E-state index contributed by atoms with van der Waals surface area (Å²) in [6, 6.07) is 9.70. The van der Waals surface area contributed by atoms with Gasteiger partial charge in [-0.15, -0.1) is 11.3 Å². The molecule has 33 heavy (non-hydrogen) atoms. The molecule has 0 N–H and O–H groups in total. The Labute approximate surface area is 198 Å². The van der Waals surface area contributed by atoms with E-state index in [-0.39, 0.29) is 11.1 Å². The van der Waals surface area contributed by atoms with Crippen LogP contribution in [-0.2, 0) is 6.42 Å². The molecule has 0 saturated carbocycles. The highest BCUT2D eigenvalue weighted by Crippen LogP contribution is 2.41. The molecule has 2 aliphatic rings. The van der Waals surface area contributed by atoms with Crippen molar-refractivity contribution in [3.63, 3.8) is 0 Å². The molecule has 5 heteroatoms. The first-order valence-corrected chi connectivity index (χ1v) is 11.2. The Kier molecular flexibility index (Phi) is 7.94. The zero-order valence-corrected chi connectivity index (χ0v) is 19.0. The molecule has 0 aliphatic heterocycles. The van der Waals surface area contributed by atoms with Crippen LogP contribution in [0.25, 0.3) is 11.1 Å². The van der Waals surface area contributed by atoms with Gasteiger partial charge < -0.3 is 0 Å². The fraction of sp³-hybridized carbons (Fsp3) is 0.143. The van der Waals surface area contributed by atoms with Crippen LogP contribution in [0.2, 0.25) is 0 Å². The molecule has 0 unspecified atom stereocenters. The minimum absolute atomic E-state index is 0.0905. The molecule has 0 aromatic carbocycles. The fourth-order valence-corrected chi connectivity index (χ4v) is 4.80. The molecule has 0 radical (unpaired) electrons. The zero-order chi connectivity index (χ0) is 23.6. The Hall–Kier alpha value is -4.42. The second-order valence-electron chi connectivity index (χ2n) is 7.37. The lowest BCUT2D eigenvalue weighted by Crippen LogP contribution is -1.84. The Balaban J connectivity index is 1.67. The third-order valence-corrected chi connectivity index (χ3v) is 6.54. The molecule has 158 valence electrons. The number of hydrogen-bond donors (Lipinski definition) is 0. The van der Waals surface area contributed by atoms with Crippen LogP contribution in [0.4, 0.5) is 0 Å². The van der Waals surface area contributed by atoms with E-state index in [0.29, 0.717) is 0 Å². The summed E-state index contributed by atoms with van der Waals surface area (Å²) in [5.74, 6) is 0. The maximum atomic E-state index is 8.82. The molecule has 4 nitrogen and oxygen atoms in total. The van der Waals surface area contributed by atoms with Gasteiger partial charge >= 0.3 is 0 Å². The third-order valence-electron chi connectivity index (χ3n) is 5.21. The van der Waals surface area contributed by atoms with Crippen LogP contribution in [0.3, 0.4) is 0 Å². The van der Waals surface area contributed by atoms with E-state index < -0.39 is 0 Å². The van der Waals surface area contributed by atoms with Crippen molar-refractivity contribution in [2.24, 2.45) is 0 Å². The second kappa shape index (κ2) is 11.3. The number of nitrogens with zero attached hydrogens (tertiary/aromatic N) is 4. The molecule has 0 fully saturated rings. The molecule has 0 amide bonds. The Morgan fingerprint density at radius 3 is 1.85 bits per heavy atom. The van der Waals surface area contributed by atoms with Gasteiger partial charge in [-0.3, -0.25) is 0 Å². The predicted octanol–water partition coefficient (Wildman–Crippen LogP) is 6.80. The summed E-state index contributed by atoms with van der Waals surface area (Å²) in [5, 5.41) is 35.3. The molecular weight excluding hydrogens is 424 g/mol. The summed E-state index contributed by atoms with van der Waals surface area (Å²) >= 11 is 1.81. The number of allylic oxidation sites excluding steroid dienone is 16. The normalized spacial score (nSPS) is 14.5. The largest absolute Gasteiger partial charge is 0.192 e. The molecule has 0 spiro atoms. The SMILES string of the molecule is CCc1cc(C2=CC=C(/C=C/C=C(C#N)C#N)C2)sc1C1=CC=C(/C=C/C=C(C#N)C#N)C1. The lowest BCUT2D eigenvalue weighted by molar-refractivity contribution is 1.14. The number of aryl methyl sites for hydroxylation is 1. The summed E-state index contributed by atoms with van der Waals surface area (Å²) in [6.07, 6.45) is 21.5. The van der Waals surface area contributed by atoms with E-state index in [2.05, 4.69) is 37.3 Å². The summed E-state index contributed by atoms with van der Waals surface area (Å²) in [7, 11) is 0. The quantitative estimate of drug-likeness (QED) is 0.341. The van der Waals surface area contributed by atoms with E-state index in [9.17, 15) is 0 Å². The molecule has 1 heterocycles. The van der Waals surface area contributed by atoms with Crippen molar-refractivity contribution in [3.05, 3.63) is 104 Å². The van der Waals surface area contributed by atoms with E-state index in [1.165, 1.54) is 38.6 Å². The van der Waals surface area contributed by atoms with E-state index in [0.717, 1.165) is 30.4 Å². The average Bonchev–Trinajstić information content (AvgIpc) is 3.58. The van der Waals surface area contributed by atoms with Gasteiger partial charge in [0.15, 0.2) is 0 Å². The van der Waals surface area contributed by atoms with Crippen LogP contribution in [-0.4, -0.2) is 0 Å². The highest BCUT2D eigenvalue weighted by molar-refractivity contribution is 7.14. The van der Waals surface area contributed by atoms with Crippen molar-refractivity contribution in [3.8, 4) is 24.3 Å². The maximum Gasteiger partial charge on any atom is 0.129 e. The summed E-state index contributed by atoms with van der Waals surface area (Å²) in [5.41, 5.74) is 6.34. The molecule has 0 bridgehead atoms. The first-order chi connectivity index (χ1) is 16.1. The van der Waals surface area contributed by atoms with Crippen LogP contribution in [0.5, 0.6) is 0 Å². The Morgan fingerprint density at radius 1 is 0.818 bits per heavy atom. The summed E-state index contributed by atoms with van der Waals surface area (Å²) < 4.78 is 0. The molecule has 3 rings (SSSR count). The second-order valence-corrected chi connectivity index (χ2v) is 8.42. The van der Waals surface area contributed by atoms with Crippen LogP contribution in [0, 0.1) is 45.3 Å². The fourth-order valence-electron chi connectivity index (χ4n) is 3.50. The first kappa shape index (κ1) is 23.2.